The van der Waals surface area contributed by atoms with Gasteiger partial charge in [0, 0.05) is 16.7 Å². The summed E-state index contributed by atoms with van der Waals surface area (Å²) >= 11 is 0. The lowest BCUT2D eigenvalue weighted by Gasteiger charge is -2.50. The lowest BCUT2D eigenvalue weighted by atomic mass is 9.54. The normalized spacial score (nSPS) is 20.4. The van der Waals surface area contributed by atoms with Crippen LogP contribution in [0.1, 0.15) is 57.1 Å². The van der Waals surface area contributed by atoms with E-state index in [1.807, 2.05) is 48.5 Å². The van der Waals surface area contributed by atoms with Gasteiger partial charge in [0.05, 0.1) is 11.6 Å². The second-order valence-electron chi connectivity index (χ2n) is 16.1. The maximum atomic E-state index is 9.61. The van der Waals surface area contributed by atoms with Crippen molar-refractivity contribution in [2.45, 2.75) is 51.4 Å². The van der Waals surface area contributed by atoms with E-state index in [9.17, 15) is 5.26 Å². The third-order valence-electron chi connectivity index (χ3n) is 11.9. The van der Waals surface area contributed by atoms with Crippen molar-refractivity contribution >= 4 is 0 Å². The molecule has 0 saturated heterocycles. The molecule has 6 aromatic carbocycles. The number of nitriles is 1. The number of benzene rings is 6. The molecule has 9 rings (SSSR count). The van der Waals surface area contributed by atoms with Crippen LogP contribution in [0.5, 0.6) is 0 Å². The molecular weight excluding hydrogens is 669 g/mol. The Balaban J connectivity index is 1.17. The predicted octanol–water partition coefficient (Wildman–Crippen LogP) is 12.8. The Labute approximate surface area is 324 Å². The van der Waals surface area contributed by atoms with Gasteiger partial charge in [-0.1, -0.05) is 141 Å². The maximum absolute atomic E-state index is 9.61. The van der Waals surface area contributed by atoms with E-state index < -0.39 is 0 Å². The zero-order valence-electron chi connectivity index (χ0n) is 31.5. The van der Waals surface area contributed by atoms with E-state index in [-0.39, 0.29) is 5.41 Å². The number of rotatable bonds is 7. The van der Waals surface area contributed by atoms with Crippen molar-refractivity contribution in [3.63, 3.8) is 0 Å². The summed E-state index contributed by atoms with van der Waals surface area (Å²) in [5.74, 6) is 4.27. The molecule has 4 atom stereocenters. The first kappa shape index (κ1) is 34.6. The van der Waals surface area contributed by atoms with Crippen molar-refractivity contribution in [3.05, 3.63) is 163 Å². The topological polar surface area (TPSA) is 62.5 Å². The highest BCUT2D eigenvalue weighted by molar-refractivity contribution is 5.87. The predicted molar refractivity (Wildman–Crippen MR) is 224 cm³/mol. The first-order chi connectivity index (χ1) is 26.9. The molecule has 2 bridgehead atoms. The number of fused-ring (bicyclic) bond motifs is 2. The largest absolute Gasteiger partial charge is 0.208 e. The minimum absolute atomic E-state index is 0.288. The van der Waals surface area contributed by atoms with E-state index in [1.165, 1.54) is 37.7 Å². The molecule has 2 aliphatic rings. The Morgan fingerprint density at radius 1 is 0.473 bits per heavy atom. The molecule has 0 spiro atoms. The van der Waals surface area contributed by atoms with Crippen molar-refractivity contribution in [1.82, 2.24) is 15.0 Å². The third kappa shape index (κ3) is 6.88. The summed E-state index contributed by atoms with van der Waals surface area (Å²) in [6.07, 6.45) is 6.66. The second-order valence-corrected chi connectivity index (χ2v) is 16.1. The van der Waals surface area contributed by atoms with E-state index >= 15 is 0 Å². The molecule has 4 nitrogen and oxygen atoms in total. The van der Waals surface area contributed by atoms with Gasteiger partial charge >= 0.3 is 0 Å². The summed E-state index contributed by atoms with van der Waals surface area (Å²) in [4.78, 5) is 15.6. The molecule has 0 N–H and O–H groups in total. The van der Waals surface area contributed by atoms with Gasteiger partial charge in [0.2, 0.25) is 0 Å². The molecule has 268 valence electrons. The highest BCUT2D eigenvalue weighted by Gasteiger charge is 2.45. The molecular formula is C51H44N4. The molecule has 0 aliphatic heterocycles. The SMILES string of the molecule is C[C@@H]1CC2C[C@H](C)CC(c3ccc(-c4ccccc4-c4nc(-c5ccccc5)nc(-c5ccc(-c6cccc(C#N)c6)cc5-c5ccccc5)n4)cc3)(C2)C1. The van der Waals surface area contributed by atoms with Gasteiger partial charge < -0.3 is 0 Å². The van der Waals surface area contributed by atoms with Gasteiger partial charge in [-0.15, -0.1) is 0 Å². The number of aromatic nitrogens is 3. The maximum Gasteiger partial charge on any atom is 0.164 e. The van der Waals surface area contributed by atoms with Crippen LogP contribution in [0.15, 0.2) is 152 Å². The van der Waals surface area contributed by atoms with Gasteiger partial charge in [-0.3, -0.25) is 0 Å². The van der Waals surface area contributed by atoms with Crippen LogP contribution in [-0.4, -0.2) is 15.0 Å². The summed E-state index contributed by atoms with van der Waals surface area (Å²) in [6, 6.07) is 54.9. The zero-order chi connectivity index (χ0) is 37.4. The Morgan fingerprint density at radius 3 is 1.67 bits per heavy atom. The average Bonchev–Trinajstić information content (AvgIpc) is 3.23. The van der Waals surface area contributed by atoms with Crippen molar-refractivity contribution < 1.29 is 0 Å². The molecule has 0 amide bonds. The van der Waals surface area contributed by atoms with Gasteiger partial charge in [0.15, 0.2) is 17.5 Å². The number of hydrogen-bond donors (Lipinski definition) is 0. The van der Waals surface area contributed by atoms with Crippen LogP contribution in [0.4, 0.5) is 0 Å². The van der Waals surface area contributed by atoms with Crippen molar-refractivity contribution in [3.8, 4) is 73.6 Å². The lowest BCUT2D eigenvalue weighted by molar-refractivity contribution is 0.0780. The van der Waals surface area contributed by atoms with Gasteiger partial charge in [0.25, 0.3) is 0 Å². The minimum atomic E-state index is 0.288. The quantitative estimate of drug-likeness (QED) is 0.165. The second kappa shape index (κ2) is 14.6. The molecule has 4 heteroatoms. The fourth-order valence-electron chi connectivity index (χ4n) is 9.87. The van der Waals surface area contributed by atoms with E-state index in [0.717, 1.165) is 67.8 Å². The van der Waals surface area contributed by atoms with E-state index in [4.69, 9.17) is 15.0 Å². The van der Waals surface area contributed by atoms with Crippen LogP contribution in [0, 0.1) is 29.1 Å². The fourth-order valence-corrected chi connectivity index (χ4v) is 9.87. The summed E-state index contributed by atoms with van der Waals surface area (Å²) in [5, 5.41) is 9.61. The Morgan fingerprint density at radius 2 is 1.00 bits per heavy atom. The standard InChI is InChI=1S/C51H44N4/c1-34-26-37-27-35(2)31-51(30-34,32-37)43-23-20-39(21-24-43)44-18-9-10-19-45(44)49-53-48(40-15-7-4-8-16-40)54-50(55-49)46-25-22-42(41-17-11-12-36(28-41)33-52)29-47(46)38-13-5-3-6-14-38/h3-25,28-29,34-35,37H,26-27,30-32H2,1-2H3/t34-,35+,37?,51?. The van der Waals surface area contributed by atoms with E-state index in [2.05, 4.69) is 123 Å². The zero-order valence-corrected chi connectivity index (χ0v) is 31.5. The fraction of sp³-hybridized carbons (Fsp3) is 0.216. The smallest absolute Gasteiger partial charge is 0.164 e. The van der Waals surface area contributed by atoms with Crippen LogP contribution < -0.4 is 0 Å². The van der Waals surface area contributed by atoms with Gasteiger partial charge in [-0.25, -0.2) is 15.0 Å². The highest BCUT2D eigenvalue weighted by Crippen LogP contribution is 2.54. The summed E-state index contributed by atoms with van der Waals surface area (Å²) < 4.78 is 0. The summed E-state index contributed by atoms with van der Waals surface area (Å²) in [7, 11) is 0. The lowest BCUT2D eigenvalue weighted by Crippen LogP contribution is -2.42. The Hall–Kier alpha value is -6.18. The first-order valence-electron chi connectivity index (χ1n) is 19.7. The monoisotopic (exact) mass is 712 g/mol. The Bertz CT molecular complexity index is 2500. The van der Waals surface area contributed by atoms with Gasteiger partial charge in [-0.05, 0) is 118 Å². The third-order valence-corrected chi connectivity index (χ3v) is 11.9. The molecule has 55 heavy (non-hydrogen) atoms. The highest BCUT2D eigenvalue weighted by atomic mass is 15.0. The van der Waals surface area contributed by atoms with Crippen molar-refractivity contribution in [1.29, 1.82) is 5.26 Å². The molecule has 2 unspecified atom stereocenters. The van der Waals surface area contributed by atoms with Gasteiger partial charge in [0.1, 0.15) is 0 Å². The van der Waals surface area contributed by atoms with Crippen LogP contribution in [-0.2, 0) is 5.41 Å². The Kier molecular flexibility index (Phi) is 9.16. The molecule has 2 saturated carbocycles. The molecule has 2 aliphatic carbocycles. The van der Waals surface area contributed by atoms with Crippen molar-refractivity contribution in [2.75, 3.05) is 0 Å². The number of nitrogens with zero attached hydrogens (tertiary/aromatic N) is 4. The first-order valence-corrected chi connectivity index (χ1v) is 19.7. The summed E-state index contributed by atoms with van der Waals surface area (Å²) in [6.45, 7) is 4.92. The number of hydrogen-bond acceptors (Lipinski definition) is 4. The molecule has 1 heterocycles. The molecule has 2 fully saturated rings. The van der Waals surface area contributed by atoms with E-state index in [1.54, 1.807) is 0 Å². The average molecular weight is 713 g/mol. The van der Waals surface area contributed by atoms with E-state index in [0.29, 0.717) is 23.0 Å². The van der Waals surface area contributed by atoms with Crippen LogP contribution in [0.2, 0.25) is 0 Å². The van der Waals surface area contributed by atoms with Crippen LogP contribution >= 0.6 is 0 Å². The minimum Gasteiger partial charge on any atom is -0.208 e. The molecule has 7 aromatic rings. The molecule has 0 radical (unpaired) electrons. The van der Waals surface area contributed by atoms with Crippen LogP contribution in [0.25, 0.3) is 67.5 Å². The van der Waals surface area contributed by atoms with Crippen LogP contribution in [0.3, 0.4) is 0 Å². The van der Waals surface area contributed by atoms with Crippen molar-refractivity contribution in [2.24, 2.45) is 17.8 Å². The molecule has 1 aromatic heterocycles. The summed E-state index contributed by atoms with van der Waals surface area (Å²) in [5.41, 5.74) is 11.6. The van der Waals surface area contributed by atoms with Gasteiger partial charge in [-0.2, -0.15) is 5.26 Å².